The van der Waals surface area contributed by atoms with Crippen LogP contribution in [0.15, 0.2) is 36.7 Å². The Bertz CT molecular complexity index is 981. The zero-order valence-corrected chi connectivity index (χ0v) is 15.4. The highest BCUT2D eigenvalue weighted by Crippen LogP contribution is 2.38. The van der Waals surface area contributed by atoms with Gasteiger partial charge in [-0.15, -0.1) is 0 Å². The molecule has 0 saturated heterocycles. The summed E-state index contributed by atoms with van der Waals surface area (Å²) in [6, 6.07) is 7.21. The number of fused-ring (bicyclic) bond motifs is 1. The Hall–Kier alpha value is -2.53. The molecule has 0 bridgehead atoms. The molecule has 0 unspecified atom stereocenters. The van der Waals surface area contributed by atoms with Crippen molar-refractivity contribution in [2.75, 3.05) is 0 Å². The average molecular weight is 367 g/mol. The molecule has 26 heavy (non-hydrogen) atoms. The van der Waals surface area contributed by atoms with Gasteiger partial charge in [0.15, 0.2) is 0 Å². The van der Waals surface area contributed by atoms with Crippen molar-refractivity contribution in [3.05, 3.63) is 53.1 Å². The maximum atomic E-state index is 12.7. The summed E-state index contributed by atoms with van der Waals surface area (Å²) in [5, 5.41) is 4.30. The van der Waals surface area contributed by atoms with Crippen LogP contribution in [-0.2, 0) is 0 Å². The number of hydrogen-bond donors (Lipinski definition) is 1. The van der Waals surface area contributed by atoms with Crippen LogP contribution in [0.2, 0.25) is 5.02 Å². The van der Waals surface area contributed by atoms with Crippen LogP contribution in [0.1, 0.15) is 48.8 Å². The molecule has 0 spiro atoms. The first-order chi connectivity index (χ1) is 12.5. The van der Waals surface area contributed by atoms with Crippen LogP contribution in [0.5, 0.6) is 0 Å². The monoisotopic (exact) mass is 366 g/mol. The molecule has 1 N–H and O–H groups in total. The fourth-order valence-corrected chi connectivity index (χ4v) is 3.07. The minimum absolute atomic E-state index is 0.0441. The van der Waals surface area contributed by atoms with E-state index >= 15 is 0 Å². The van der Waals surface area contributed by atoms with Crippen LogP contribution in [0.25, 0.3) is 22.2 Å². The minimum Gasteiger partial charge on any atom is -0.350 e. The average Bonchev–Trinajstić information content (AvgIpc) is 3.45. The fourth-order valence-electron chi connectivity index (χ4n) is 2.90. The number of pyridine rings is 1. The quantitative estimate of drug-likeness (QED) is 0.744. The molecule has 2 heterocycles. The Kier molecular flexibility index (Phi) is 4.32. The molecule has 1 aliphatic rings. The van der Waals surface area contributed by atoms with Crippen LogP contribution in [0.4, 0.5) is 0 Å². The van der Waals surface area contributed by atoms with Gasteiger partial charge in [0.2, 0.25) is 0 Å². The first-order valence-electron chi connectivity index (χ1n) is 8.75. The Labute approximate surface area is 156 Å². The van der Waals surface area contributed by atoms with Gasteiger partial charge in [0.1, 0.15) is 5.82 Å². The van der Waals surface area contributed by atoms with E-state index < -0.39 is 0 Å². The number of hydrogen-bond acceptors (Lipinski definition) is 4. The van der Waals surface area contributed by atoms with Gasteiger partial charge in [0, 0.05) is 40.3 Å². The highest BCUT2D eigenvalue weighted by atomic mass is 35.5. The van der Waals surface area contributed by atoms with Crippen LogP contribution in [0.3, 0.4) is 0 Å². The summed E-state index contributed by atoms with van der Waals surface area (Å²) in [6.07, 6.45) is 5.88. The van der Waals surface area contributed by atoms with Crippen molar-refractivity contribution in [2.24, 2.45) is 0 Å². The molecule has 0 aliphatic heterocycles. The lowest BCUT2D eigenvalue weighted by Crippen LogP contribution is -2.30. The van der Waals surface area contributed by atoms with Crippen LogP contribution < -0.4 is 5.32 Å². The molecule has 2 aromatic heterocycles. The van der Waals surface area contributed by atoms with E-state index in [0.717, 1.165) is 29.6 Å². The van der Waals surface area contributed by atoms with E-state index in [9.17, 15) is 4.79 Å². The standard InChI is InChI=1S/C20H19ClN4O/c1-11(2)24-20(26)16-8-17(25-18-7-14(21)5-6-15(16)18)13-9-22-19(23-10-13)12-3-4-12/h5-12H,3-4H2,1-2H3,(H,24,26). The van der Waals surface area contributed by atoms with Crippen molar-refractivity contribution < 1.29 is 4.79 Å². The molecular weight excluding hydrogens is 348 g/mol. The minimum atomic E-state index is -0.133. The maximum Gasteiger partial charge on any atom is 0.252 e. The molecule has 0 atom stereocenters. The number of benzene rings is 1. The SMILES string of the molecule is CC(C)NC(=O)c1cc(-c2cnc(C3CC3)nc2)nc2cc(Cl)ccc12. The van der Waals surface area contributed by atoms with Gasteiger partial charge in [0.05, 0.1) is 16.8 Å². The third-order valence-electron chi connectivity index (χ3n) is 4.35. The molecule has 3 aromatic rings. The van der Waals surface area contributed by atoms with Gasteiger partial charge in [0.25, 0.3) is 5.91 Å². The normalized spacial score (nSPS) is 14.0. The third kappa shape index (κ3) is 3.40. The summed E-state index contributed by atoms with van der Waals surface area (Å²) in [7, 11) is 0. The van der Waals surface area contributed by atoms with E-state index in [2.05, 4.69) is 20.3 Å². The van der Waals surface area contributed by atoms with Gasteiger partial charge < -0.3 is 5.32 Å². The molecule has 4 rings (SSSR count). The predicted molar refractivity (Wildman–Crippen MR) is 102 cm³/mol. The van der Waals surface area contributed by atoms with E-state index in [1.807, 2.05) is 19.9 Å². The second-order valence-corrected chi connectivity index (χ2v) is 7.39. The smallest absolute Gasteiger partial charge is 0.252 e. The summed E-state index contributed by atoms with van der Waals surface area (Å²) in [6.45, 7) is 3.87. The summed E-state index contributed by atoms with van der Waals surface area (Å²) in [4.78, 5) is 26.3. The van der Waals surface area contributed by atoms with Crippen molar-refractivity contribution in [3.8, 4) is 11.3 Å². The summed E-state index contributed by atoms with van der Waals surface area (Å²) >= 11 is 6.13. The Morgan fingerprint density at radius 2 is 1.92 bits per heavy atom. The first kappa shape index (κ1) is 16.9. The topological polar surface area (TPSA) is 67.8 Å². The Morgan fingerprint density at radius 1 is 1.19 bits per heavy atom. The first-order valence-corrected chi connectivity index (χ1v) is 9.12. The summed E-state index contributed by atoms with van der Waals surface area (Å²) < 4.78 is 0. The lowest BCUT2D eigenvalue weighted by atomic mass is 10.0. The molecule has 1 amide bonds. The molecule has 1 saturated carbocycles. The molecular formula is C20H19ClN4O. The molecule has 5 nitrogen and oxygen atoms in total. The highest BCUT2D eigenvalue weighted by Gasteiger charge is 2.26. The van der Waals surface area contributed by atoms with Crippen molar-refractivity contribution in [1.82, 2.24) is 20.3 Å². The highest BCUT2D eigenvalue weighted by molar-refractivity contribution is 6.31. The van der Waals surface area contributed by atoms with E-state index in [-0.39, 0.29) is 11.9 Å². The van der Waals surface area contributed by atoms with E-state index in [1.54, 1.807) is 30.6 Å². The predicted octanol–water partition coefficient (Wildman–Crippen LogP) is 4.36. The van der Waals surface area contributed by atoms with Crippen LogP contribution in [0, 0.1) is 0 Å². The number of rotatable bonds is 4. The number of nitrogens with zero attached hydrogens (tertiary/aromatic N) is 3. The largest absolute Gasteiger partial charge is 0.350 e. The van der Waals surface area contributed by atoms with E-state index in [1.165, 1.54) is 0 Å². The fraction of sp³-hybridized carbons (Fsp3) is 0.300. The van der Waals surface area contributed by atoms with Crippen molar-refractivity contribution >= 4 is 28.4 Å². The third-order valence-corrected chi connectivity index (χ3v) is 4.58. The number of carbonyl (C=O) groups is 1. The van der Waals surface area contributed by atoms with Gasteiger partial charge in [-0.3, -0.25) is 4.79 Å². The lowest BCUT2D eigenvalue weighted by molar-refractivity contribution is 0.0945. The van der Waals surface area contributed by atoms with Crippen molar-refractivity contribution in [3.63, 3.8) is 0 Å². The maximum absolute atomic E-state index is 12.7. The van der Waals surface area contributed by atoms with E-state index in [4.69, 9.17) is 11.6 Å². The van der Waals surface area contributed by atoms with Gasteiger partial charge >= 0.3 is 0 Å². The van der Waals surface area contributed by atoms with Crippen LogP contribution in [-0.4, -0.2) is 26.9 Å². The molecule has 1 aliphatic carbocycles. The Morgan fingerprint density at radius 3 is 2.58 bits per heavy atom. The zero-order chi connectivity index (χ0) is 18.3. The molecule has 1 aromatic carbocycles. The zero-order valence-electron chi connectivity index (χ0n) is 14.7. The van der Waals surface area contributed by atoms with Crippen LogP contribution >= 0.6 is 11.6 Å². The summed E-state index contributed by atoms with van der Waals surface area (Å²) in [5.74, 6) is 1.25. The number of aromatic nitrogens is 3. The van der Waals surface area contributed by atoms with E-state index in [0.29, 0.717) is 27.7 Å². The number of carbonyl (C=O) groups excluding carboxylic acids is 1. The van der Waals surface area contributed by atoms with Gasteiger partial charge in [-0.25, -0.2) is 15.0 Å². The summed E-state index contributed by atoms with van der Waals surface area (Å²) in [5.41, 5.74) is 2.70. The van der Waals surface area contributed by atoms with Gasteiger partial charge in [-0.1, -0.05) is 17.7 Å². The molecule has 6 heteroatoms. The second-order valence-electron chi connectivity index (χ2n) is 6.95. The Balaban J connectivity index is 1.82. The molecule has 132 valence electrons. The van der Waals surface area contributed by atoms with Crippen molar-refractivity contribution in [2.45, 2.75) is 38.6 Å². The van der Waals surface area contributed by atoms with Gasteiger partial charge in [-0.05, 0) is 44.9 Å². The number of halogens is 1. The van der Waals surface area contributed by atoms with Crippen molar-refractivity contribution in [1.29, 1.82) is 0 Å². The molecule has 0 radical (unpaired) electrons. The van der Waals surface area contributed by atoms with Gasteiger partial charge in [-0.2, -0.15) is 0 Å². The number of amides is 1. The number of nitrogens with one attached hydrogen (secondary N) is 1. The second kappa shape index (κ2) is 6.65. The lowest BCUT2D eigenvalue weighted by Gasteiger charge is -2.12. The molecule has 1 fully saturated rings.